The smallest absolute Gasteiger partial charge is 0.0645 e. The van der Waals surface area contributed by atoms with E-state index in [1.54, 1.807) is 0 Å². The van der Waals surface area contributed by atoms with Crippen LogP contribution < -0.4 is 0 Å². The summed E-state index contributed by atoms with van der Waals surface area (Å²) in [6.07, 6.45) is 7.17. The monoisotopic (exact) mass is 232 g/mol. The summed E-state index contributed by atoms with van der Waals surface area (Å²) in [6, 6.07) is 0. The first kappa shape index (κ1) is 10.3. The highest BCUT2D eigenvalue weighted by atomic mass is 79.9. The Bertz CT molecular complexity index is 139. The second kappa shape index (κ2) is 5.03. The van der Waals surface area contributed by atoms with Crippen molar-refractivity contribution in [3.63, 3.8) is 0 Å². The van der Waals surface area contributed by atoms with Gasteiger partial charge in [-0.05, 0) is 12.8 Å². The summed E-state index contributed by atoms with van der Waals surface area (Å²) < 4.78 is 5.51. The summed E-state index contributed by atoms with van der Waals surface area (Å²) in [7, 11) is 0. The highest BCUT2D eigenvalue weighted by molar-refractivity contribution is 9.09. The largest absolute Gasteiger partial charge is 0.377 e. The predicted octanol–water partition coefficient (Wildman–Crippen LogP) is 3.14. The molecule has 12 heavy (non-hydrogen) atoms. The van der Waals surface area contributed by atoms with Crippen molar-refractivity contribution < 1.29 is 4.74 Å². The molecule has 70 valence electrons. The first-order chi connectivity index (χ1) is 5.83. The van der Waals surface area contributed by atoms with E-state index in [0.29, 0.717) is 12.0 Å². The zero-order chi connectivity index (χ0) is 8.86. The number of ether oxygens (including phenoxy) is 1. The average molecular weight is 233 g/mol. The molecule has 1 nitrogen and oxygen atoms in total. The third-order valence-corrected chi connectivity index (χ3v) is 3.78. The molecule has 0 saturated heterocycles. The van der Waals surface area contributed by atoms with Crippen LogP contribution in [0.25, 0.3) is 0 Å². The van der Waals surface area contributed by atoms with Crippen LogP contribution in [0.15, 0.2) is 12.7 Å². The number of rotatable bonds is 5. The molecule has 0 aromatic rings. The highest BCUT2D eigenvalue weighted by Crippen LogP contribution is 2.39. The summed E-state index contributed by atoms with van der Waals surface area (Å²) in [4.78, 5) is 0. The third-order valence-electron chi connectivity index (χ3n) is 2.59. The zero-order valence-electron chi connectivity index (χ0n) is 7.52. The minimum atomic E-state index is 0.434. The number of alkyl halides is 1. The topological polar surface area (TPSA) is 9.23 Å². The number of hydrogen-bond acceptors (Lipinski definition) is 1. The normalized spacial score (nSPS) is 21.1. The molecule has 0 amide bonds. The molecule has 0 aromatic carbocycles. The van der Waals surface area contributed by atoms with Gasteiger partial charge in [-0.1, -0.05) is 34.8 Å². The Morgan fingerprint density at radius 1 is 1.42 bits per heavy atom. The van der Waals surface area contributed by atoms with Crippen LogP contribution in [0.1, 0.15) is 25.7 Å². The molecule has 1 rings (SSSR count). The first-order valence-electron chi connectivity index (χ1n) is 4.58. The minimum Gasteiger partial charge on any atom is -0.377 e. The molecule has 0 aliphatic heterocycles. The predicted molar refractivity (Wildman–Crippen MR) is 55.7 cm³/mol. The zero-order valence-corrected chi connectivity index (χ0v) is 9.11. The van der Waals surface area contributed by atoms with E-state index in [-0.39, 0.29) is 0 Å². The van der Waals surface area contributed by atoms with Gasteiger partial charge in [0.25, 0.3) is 0 Å². The number of halogens is 1. The summed E-state index contributed by atoms with van der Waals surface area (Å²) >= 11 is 3.58. The Labute approximate surface area is 83.3 Å². The molecule has 0 bridgehead atoms. The molecule has 2 heteroatoms. The standard InChI is InChI=1S/C10H17BrO/c1-2-7-12-9-10(8-11)5-3-4-6-10/h2H,1,3-9H2. The molecule has 1 fully saturated rings. The second-order valence-electron chi connectivity index (χ2n) is 3.64. The molecular weight excluding hydrogens is 216 g/mol. The van der Waals surface area contributed by atoms with Crippen LogP contribution in [0.2, 0.25) is 0 Å². The highest BCUT2D eigenvalue weighted by Gasteiger charge is 2.32. The maximum absolute atomic E-state index is 5.51. The maximum Gasteiger partial charge on any atom is 0.0645 e. The second-order valence-corrected chi connectivity index (χ2v) is 4.21. The van der Waals surface area contributed by atoms with E-state index in [0.717, 1.165) is 11.9 Å². The van der Waals surface area contributed by atoms with Crippen LogP contribution in [0.3, 0.4) is 0 Å². The Hall–Kier alpha value is 0.180. The summed E-state index contributed by atoms with van der Waals surface area (Å²) in [5.41, 5.74) is 0.434. The van der Waals surface area contributed by atoms with Crippen LogP contribution in [-0.4, -0.2) is 18.5 Å². The van der Waals surface area contributed by atoms with Gasteiger partial charge in [0.15, 0.2) is 0 Å². The van der Waals surface area contributed by atoms with Gasteiger partial charge in [-0.3, -0.25) is 0 Å². The van der Waals surface area contributed by atoms with Gasteiger partial charge >= 0.3 is 0 Å². The molecule has 1 saturated carbocycles. The molecule has 0 atom stereocenters. The van der Waals surface area contributed by atoms with Gasteiger partial charge in [0, 0.05) is 10.7 Å². The van der Waals surface area contributed by atoms with Crippen LogP contribution in [0.4, 0.5) is 0 Å². The summed E-state index contributed by atoms with van der Waals surface area (Å²) in [5.74, 6) is 0. The fraction of sp³-hybridized carbons (Fsp3) is 0.800. The minimum absolute atomic E-state index is 0.434. The molecule has 0 heterocycles. The van der Waals surface area contributed by atoms with Crippen molar-refractivity contribution in [1.82, 2.24) is 0 Å². The van der Waals surface area contributed by atoms with E-state index >= 15 is 0 Å². The van der Waals surface area contributed by atoms with Gasteiger partial charge in [-0.15, -0.1) is 6.58 Å². The molecule has 0 unspecified atom stereocenters. The molecule has 0 spiro atoms. The van der Waals surface area contributed by atoms with Crippen LogP contribution in [0, 0.1) is 5.41 Å². The SMILES string of the molecule is C=CCOCC1(CBr)CCCC1. The quantitative estimate of drug-likeness (QED) is 0.402. The number of hydrogen-bond donors (Lipinski definition) is 0. The summed E-state index contributed by atoms with van der Waals surface area (Å²) in [5, 5.41) is 1.08. The Kier molecular flexibility index (Phi) is 4.30. The van der Waals surface area contributed by atoms with E-state index in [2.05, 4.69) is 22.5 Å². The van der Waals surface area contributed by atoms with Gasteiger partial charge in [0.1, 0.15) is 0 Å². The Morgan fingerprint density at radius 2 is 2.08 bits per heavy atom. The lowest BCUT2D eigenvalue weighted by Gasteiger charge is -2.25. The lowest BCUT2D eigenvalue weighted by molar-refractivity contribution is 0.0776. The van der Waals surface area contributed by atoms with Crippen molar-refractivity contribution >= 4 is 15.9 Å². The fourth-order valence-corrected chi connectivity index (χ4v) is 2.52. The Morgan fingerprint density at radius 3 is 2.58 bits per heavy atom. The van der Waals surface area contributed by atoms with Gasteiger partial charge in [-0.2, -0.15) is 0 Å². The van der Waals surface area contributed by atoms with Crippen molar-refractivity contribution in [3.05, 3.63) is 12.7 Å². The van der Waals surface area contributed by atoms with Crippen molar-refractivity contribution in [1.29, 1.82) is 0 Å². The summed E-state index contributed by atoms with van der Waals surface area (Å²) in [6.45, 7) is 5.22. The fourth-order valence-electron chi connectivity index (χ4n) is 1.80. The maximum atomic E-state index is 5.51. The Balaban J connectivity index is 2.28. The van der Waals surface area contributed by atoms with Crippen molar-refractivity contribution in [2.45, 2.75) is 25.7 Å². The van der Waals surface area contributed by atoms with Crippen molar-refractivity contribution in [3.8, 4) is 0 Å². The van der Waals surface area contributed by atoms with E-state index in [1.165, 1.54) is 25.7 Å². The molecule has 0 N–H and O–H groups in total. The van der Waals surface area contributed by atoms with E-state index in [1.807, 2.05) is 6.08 Å². The molecule has 1 aliphatic rings. The van der Waals surface area contributed by atoms with Crippen molar-refractivity contribution in [2.24, 2.45) is 5.41 Å². The molecular formula is C10H17BrO. The first-order valence-corrected chi connectivity index (χ1v) is 5.70. The van der Waals surface area contributed by atoms with Gasteiger partial charge in [0.05, 0.1) is 13.2 Å². The van der Waals surface area contributed by atoms with Gasteiger partial charge in [0.2, 0.25) is 0 Å². The third kappa shape index (κ3) is 2.60. The average Bonchev–Trinajstić information content (AvgIpc) is 2.55. The molecule has 0 radical (unpaired) electrons. The van der Waals surface area contributed by atoms with Crippen molar-refractivity contribution in [2.75, 3.05) is 18.5 Å². The lowest BCUT2D eigenvalue weighted by atomic mass is 9.90. The van der Waals surface area contributed by atoms with E-state index in [9.17, 15) is 0 Å². The van der Waals surface area contributed by atoms with Gasteiger partial charge < -0.3 is 4.74 Å². The van der Waals surface area contributed by atoms with Gasteiger partial charge in [-0.25, -0.2) is 0 Å². The van der Waals surface area contributed by atoms with E-state index in [4.69, 9.17) is 4.74 Å². The molecule has 1 aliphatic carbocycles. The van der Waals surface area contributed by atoms with Crippen LogP contribution in [-0.2, 0) is 4.74 Å². The lowest BCUT2D eigenvalue weighted by Crippen LogP contribution is -2.25. The van der Waals surface area contributed by atoms with E-state index < -0.39 is 0 Å². The van der Waals surface area contributed by atoms with Crippen LogP contribution >= 0.6 is 15.9 Å². The molecule has 0 aromatic heterocycles. The van der Waals surface area contributed by atoms with Crippen LogP contribution in [0.5, 0.6) is 0 Å².